The Labute approximate surface area is 203 Å². The lowest BCUT2D eigenvalue weighted by atomic mass is 10.1. The maximum Gasteiger partial charge on any atom is 0.251 e. The number of aromatic nitrogens is 3. The molecule has 0 saturated carbocycles. The Morgan fingerprint density at radius 1 is 1.00 bits per heavy atom. The minimum Gasteiger partial charge on any atom is -0.342 e. The molecule has 2 N–H and O–H groups in total. The molecule has 0 aliphatic rings. The number of hydrogen-bond donors (Lipinski definition) is 2. The smallest absolute Gasteiger partial charge is 0.251 e. The lowest BCUT2D eigenvalue weighted by Gasteiger charge is -2.17. The first-order valence-corrected chi connectivity index (χ1v) is 12.1. The van der Waals surface area contributed by atoms with E-state index in [4.69, 9.17) is 0 Å². The number of nitrogens with one attached hydrogen (secondary N) is 2. The number of carbonyl (C=O) groups is 3. The van der Waals surface area contributed by atoms with Gasteiger partial charge in [-0.1, -0.05) is 49.0 Å². The molecule has 0 aliphatic carbocycles. The van der Waals surface area contributed by atoms with Crippen LogP contribution in [0.4, 0.5) is 5.69 Å². The fraction of sp³-hybridized carbons (Fsp3) is 0.320. The van der Waals surface area contributed by atoms with Crippen molar-refractivity contribution in [1.29, 1.82) is 0 Å². The molecule has 3 rings (SSSR count). The van der Waals surface area contributed by atoms with Crippen LogP contribution in [0.15, 0.2) is 59.8 Å². The third-order valence-corrected chi connectivity index (χ3v) is 6.62. The first-order valence-electron chi connectivity index (χ1n) is 11.2. The van der Waals surface area contributed by atoms with E-state index in [1.165, 1.54) is 18.7 Å². The van der Waals surface area contributed by atoms with E-state index in [1.54, 1.807) is 36.4 Å². The summed E-state index contributed by atoms with van der Waals surface area (Å²) in [5, 5.41) is 14.7. The second-order valence-electron chi connectivity index (χ2n) is 7.79. The summed E-state index contributed by atoms with van der Waals surface area (Å²) >= 11 is 1.33. The van der Waals surface area contributed by atoms with Crippen molar-refractivity contribution in [2.45, 2.75) is 57.1 Å². The number of thioether (sulfide) groups is 1. The molecule has 9 heteroatoms. The highest BCUT2D eigenvalue weighted by Crippen LogP contribution is 2.27. The topological polar surface area (TPSA) is 106 Å². The molecule has 0 bridgehead atoms. The second-order valence-corrected chi connectivity index (χ2v) is 8.96. The minimum atomic E-state index is -0.405. The van der Waals surface area contributed by atoms with E-state index >= 15 is 0 Å². The maximum atomic E-state index is 12.9. The highest BCUT2D eigenvalue weighted by molar-refractivity contribution is 8.00. The molecule has 1 aromatic heterocycles. The summed E-state index contributed by atoms with van der Waals surface area (Å²) < 4.78 is 1.91. The SMILES string of the molecule is CC[C@@H](Sc1nnc([C@@H](C)NC(=O)c2ccccc2)n1CC)C(=O)Nc1cccc(C(C)=O)c1. The zero-order chi connectivity index (χ0) is 24.7. The van der Waals surface area contributed by atoms with Crippen LogP contribution < -0.4 is 10.6 Å². The molecule has 0 fully saturated rings. The first-order chi connectivity index (χ1) is 16.3. The van der Waals surface area contributed by atoms with Crippen LogP contribution in [0.2, 0.25) is 0 Å². The van der Waals surface area contributed by atoms with E-state index in [9.17, 15) is 14.4 Å². The monoisotopic (exact) mass is 479 g/mol. The Hall–Kier alpha value is -3.46. The molecule has 1 heterocycles. The van der Waals surface area contributed by atoms with E-state index in [0.717, 1.165) is 0 Å². The molecule has 34 heavy (non-hydrogen) atoms. The average molecular weight is 480 g/mol. The van der Waals surface area contributed by atoms with Gasteiger partial charge in [-0.3, -0.25) is 14.4 Å². The molecule has 0 radical (unpaired) electrons. The summed E-state index contributed by atoms with van der Waals surface area (Å²) in [7, 11) is 0. The van der Waals surface area contributed by atoms with Crippen LogP contribution in [0.5, 0.6) is 0 Å². The summed E-state index contributed by atoms with van der Waals surface area (Å²) in [4.78, 5) is 37.1. The average Bonchev–Trinajstić information content (AvgIpc) is 3.25. The van der Waals surface area contributed by atoms with E-state index in [2.05, 4.69) is 20.8 Å². The van der Waals surface area contributed by atoms with Crippen molar-refractivity contribution in [3.63, 3.8) is 0 Å². The molecular formula is C25H29N5O3S. The number of ketones is 1. The van der Waals surface area contributed by atoms with Crippen LogP contribution in [0.25, 0.3) is 0 Å². The van der Waals surface area contributed by atoms with Gasteiger partial charge in [0, 0.05) is 23.4 Å². The third kappa shape index (κ3) is 6.11. The number of Topliss-reactive ketones (excluding diaryl/α,β-unsaturated/α-hetero) is 1. The van der Waals surface area contributed by atoms with E-state index < -0.39 is 5.25 Å². The zero-order valence-electron chi connectivity index (χ0n) is 19.7. The van der Waals surface area contributed by atoms with Gasteiger partial charge in [0.2, 0.25) is 5.91 Å². The van der Waals surface area contributed by atoms with Crippen LogP contribution in [0.1, 0.15) is 66.7 Å². The molecule has 8 nitrogen and oxygen atoms in total. The van der Waals surface area contributed by atoms with Crippen LogP contribution in [0, 0.1) is 0 Å². The lowest BCUT2D eigenvalue weighted by molar-refractivity contribution is -0.115. The highest BCUT2D eigenvalue weighted by atomic mass is 32.2. The van der Waals surface area contributed by atoms with Gasteiger partial charge in [0.25, 0.3) is 5.91 Å². The molecule has 0 saturated heterocycles. The number of rotatable bonds is 10. The van der Waals surface area contributed by atoms with Gasteiger partial charge in [-0.15, -0.1) is 10.2 Å². The number of amides is 2. The van der Waals surface area contributed by atoms with Gasteiger partial charge in [-0.2, -0.15) is 0 Å². The summed E-state index contributed by atoms with van der Waals surface area (Å²) in [6, 6.07) is 15.5. The minimum absolute atomic E-state index is 0.0606. The molecule has 0 unspecified atom stereocenters. The molecule has 0 aliphatic heterocycles. The molecule has 0 spiro atoms. The van der Waals surface area contributed by atoms with Gasteiger partial charge in [0.15, 0.2) is 16.8 Å². The fourth-order valence-electron chi connectivity index (χ4n) is 3.43. The van der Waals surface area contributed by atoms with E-state index in [0.29, 0.717) is 40.8 Å². The fourth-order valence-corrected chi connectivity index (χ4v) is 4.45. The van der Waals surface area contributed by atoms with Gasteiger partial charge in [-0.05, 0) is 51.5 Å². The van der Waals surface area contributed by atoms with Crippen molar-refractivity contribution in [1.82, 2.24) is 20.1 Å². The number of hydrogen-bond acceptors (Lipinski definition) is 6. The number of carbonyl (C=O) groups excluding carboxylic acids is 3. The van der Waals surface area contributed by atoms with Crippen LogP contribution in [-0.4, -0.2) is 37.6 Å². The maximum absolute atomic E-state index is 12.9. The summed E-state index contributed by atoms with van der Waals surface area (Å²) in [5.41, 5.74) is 1.69. The zero-order valence-corrected chi connectivity index (χ0v) is 20.6. The summed E-state index contributed by atoms with van der Waals surface area (Å²) in [6.07, 6.45) is 0.578. The standard InChI is InChI=1S/C25H29N5O3S/c1-5-21(24(33)27-20-14-10-13-19(15-20)17(4)31)34-25-29-28-22(30(25)6-2)16(3)26-23(32)18-11-8-7-9-12-18/h7-16,21H,5-6H2,1-4H3,(H,26,32)(H,27,33)/t16-,21-/m1/s1. The van der Waals surface area contributed by atoms with Gasteiger partial charge in [0.05, 0.1) is 11.3 Å². The van der Waals surface area contributed by atoms with Crippen molar-refractivity contribution in [3.05, 3.63) is 71.5 Å². The Balaban J connectivity index is 1.71. The van der Waals surface area contributed by atoms with Gasteiger partial charge < -0.3 is 15.2 Å². The van der Waals surface area contributed by atoms with Crippen molar-refractivity contribution in [2.24, 2.45) is 0 Å². The van der Waals surface area contributed by atoms with Crippen molar-refractivity contribution >= 4 is 35.0 Å². The Morgan fingerprint density at radius 3 is 2.35 bits per heavy atom. The molecule has 2 amide bonds. The van der Waals surface area contributed by atoms with Gasteiger partial charge in [-0.25, -0.2) is 0 Å². The Bertz CT molecular complexity index is 1160. The number of benzene rings is 2. The quantitative estimate of drug-likeness (QED) is 0.328. The first kappa shape index (κ1) is 25.2. The Morgan fingerprint density at radius 2 is 1.71 bits per heavy atom. The Kier molecular flexibility index (Phi) is 8.59. The van der Waals surface area contributed by atoms with Gasteiger partial charge in [0.1, 0.15) is 0 Å². The number of anilines is 1. The largest absolute Gasteiger partial charge is 0.342 e. The predicted molar refractivity (Wildman–Crippen MR) is 133 cm³/mol. The van der Waals surface area contributed by atoms with E-state index in [1.807, 2.05) is 43.5 Å². The summed E-state index contributed by atoms with van der Waals surface area (Å²) in [6.45, 7) is 7.84. The van der Waals surface area contributed by atoms with Crippen molar-refractivity contribution in [3.8, 4) is 0 Å². The van der Waals surface area contributed by atoms with Crippen LogP contribution in [0.3, 0.4) is 0 Å². The molecule has 2 atom stereocenters. The van der Waals surface area contributed by atoms with Crippen LogP contribution >= 0.6 is 11.8 Å². The van der Waals surface area contributed by atoms with Gasteiger partial charge >= 0.3 is 0 Å². The van der Waals surface area contributed by atoms with Crippen molar-refractivity contribution in [2.75, 3.05) is 5.32 Å². The molecule has 2 aromatic carbocycles. The summed E-state index contributed by atoms with van der Waals surface area (Å²) in [5.74, 6) is 0.200. The predicted octanol–water partition coefficient (Wildman–Crippen LogP) is 4.50. The lowest BCUT2D eigenvalue weighted by Crippen LogP contribution is -2.29. The highest BCUT2D eigenvalue weighted by Gasteiger charge is 2.25. The number of nitrogens with zero attached hydrogens (tertiary/aromatic N) is 3. The van der Waals surface area contributed by atoms with Crippen LogP contribution in [-0.2, 0) is 11.3 Å². The normalized spacial score (nSPS) is 12.6. The third-order valence-electron chi connectivity index (χ3n) is 5.28. The molecule has 178 valence electrons. The van der Waals surface area contributed by atoms with E-state index in [-0.39, 0.29) is 23.6 Å². The molecular weight excluding hydrogens is 450 g/mol. The molecule has 3 aromatic rings. The second kappa shape index (κ2) is 11.6. The van der Waals surface area contributed by atoms with Crippen molar-refractivity contribution < 1.29 is 14.4 Å².